The summed E-state index contributed by atoms with van der Waals surface area (Å²) in [6, 6.07) is 3.34. The van der Waals surface area contributed by atoms with E-state index in [4.69, 9.17) is 34.8 Å². The number of rotatable bonds is 2. The summed E-state index contributed by atoms with van der Waals surface area (Å²) < 4.78 is 0. The molecule has 0 saturated heterocycles. The van der Waals surface area contributed by atoms with E-state index in [1.807, 2.05) is 0 Å². The molecule has 74 valence electrons. The number of carbonyl (C=O) groups is 1. The fourth-order valence-electron chi connectivity index (χ4n) is 0.981. The molecule has 0 unspecified atom stereocenters. The lowest BCUT2D eigenvalue weighted by Gasteiger charge is -2.04. The molecule has 1 aromatic carbocycles. The predicted octanol–water partition coefficient (Wildman–Crippen LogP) is 4.25. The monoisotopic (exact) mass is 248 g/mol. The van der Waals surface area contributed by atoms with Gasteiger partial charge in [0.25, 0.3) is 0 Å². The third-order valence-corrected chi connectivity index (χ3v) is 2.95. The minimum Gasteiger partial charge on any atom is -0.299 e. The lowest BCUT2D eigenvalue weighted by atomic mass is 10.1. The lowest BCUT2D eigenvalue weighted by Crippen LogP contribution is -1.82. The second-order valence-electron chi connectivity index (χ2n) is 2.74. The van der Waals surface area contributed by atoms with E-state index in [9.17, 15) is 4.79 Å². The molecular formula is C10H7Cl3O. The summed E-state index contributed by atoms with van der Waals surface area (Å²) in [5.41, 5.74) is 1.58. The minimum atomic E-state index is 0.330. The molecule has 0 amide bonds. The van der Waals surface area contributed by atoms with Crippen molar-refractivity contribution < 1.29 is 4.79 Å². The molecule has 0 aliphatic carbocycles. The first kappa shape index (κ1) is 11.6. The molecule has 0 spiro atoms. The van der Waals surface area contributed by atoms with Gasteiger partial charge in [-0.2, -0.15) is 0 Å². The fraction of sp³-hybridized carbons (Fsp3) is 0.100. The summed E-state index contributed by atoms with van der Waals surface area (Å²) in [6.45, 7) is 1.80. The van der Waals surface area contributed by atoms with Gasteiger partial charge >= 0.3 is 0 Å². The predicted molar refractivity (Wildman–Crippen MR) is 61.2 cm³/mol. The average Bonchev–Trinajstić information content (AvgIpc) is 2.13. The van der Waals surface area contributed by atoms with Crippen molar-refractivity contribution in [2.45, 2.75) is 6.92 Å². The van der Waals surface area contributed by atoms with Crippen LogP contribution in [0.4, 0.5) is 0 Å². The summed E-state index contributed by atoms with van der Waals surface area (Å²) in [4.78, 5) is 10.3. The van der Waals surface area contributed by atoms with E-state index < -0.39 is 0 Å². The number of hydrogen-bond donors (Lipinski definition) is 0. The fourth-order valence-corrected chi connectivity index (χ4v) is 1.58. The van der Waals surface area contributed by atoms with E-state index in [1.165, 1.54) is 6.08 Å². The van der Waals surface area contributed by atoms with Crippen LogP contribution in [0, 0.1) is 0 Å². The number of benzene rings is 1. The highest BCUT2D eigenvalue weighted by atomic mass is 35.5. The molecular weight excluding hydrogens is 242 g/mol. The van der Waals surface area contributed by atoms with Crippen molar-refractivity contribution in [1.29, 1.82) is 0 Å². The van der Waals surface area contributed by atoms with Crippen molar-refractivity contribution in [2.24, 2.45) is 0 Å². The molecule has 14 heavy (non-hydrogen) atoms. The Kier molecular flexibility index (Phi) is 3.99. The highest BCUT2D eigenvalue weighted by Crippen LogP contribution is 2.33. The van der Waals surface area contributed by atoms with Crippen LogP contribution in [-0.2, 0) is 4.79 Å². The van der Waals surface area contributed by atoms with Gasteiger partial charge in [0.15, 0.2) is 0 Å². The van der Waals surface area contributed by atoms with Crippen LogP contribution >= 0.6 is 34.8 Å². The van der Waals surface area contributed by atoms with Gasteiger partial charge in [-0.15, -0.1) is 0 Å². The molecule has 0 bridgehead atoms. The second kappa shape index (κ2) is 4.83. The Morgan fingerprint density at radius 3 is 2.14 bits per heavy atom. The van der Waals surface area contributed by atoms with Gasteiger partial charge in [0.1, 0.15) is 6.29 Å². The van der Waals surface area contributed by atoms with Gasteiger partial charge in [0, 0.05) is 0 Å². The van der Waals surface area contributed by atoms with Crippen LogP contribution in [-0.4, -0.2) is 6.29 Å². The maximum atomic E-state index is 10.3. The smallest absolute Gasteiger partial charge is 0.143 e. The van der Waals surface area contributed by atoms with E-state index in [1.54, 1.807) is 19.1 Å². The largest absolute Gasteiger partial charge is 0.299 e. The first-order valence-electron chi connectivity index (χ1n) is 3.83. The van der Waals surface area contributed by atoms with Crippen LogP contribution in [0.3, 0.4) is 0 Å². The Morgan fingerprint density at radius 1 is 1.21 bits per heavy atom. The molecule has 0 aromatic heterocycles. The average molecular weight is 250 g/mol. The number of halogens is 3. The molecule has 0 saturated carbocycles. The molecule has 1 nitrogen and oxygen atoms in total. The topological polar surface area (TPSA) is 17.1 Å². The zero-order chi connectivity index (χ0) is 10.7. The number of carbonyl (C=O) groups excluding carboxylic acids is 1. The van der Waals surface area contributed by atoms with E-state index in [-0.39, 0.29) is 0 Å². The van der Waals surface area contributed by atoms with Crippen LogP contribution in [0.2, 0.25) is 15.1 Å². The Morgan fingerprint density at radius 2 is 1.71 bits per heavy atom. The standard InChI is InChI=1S/C10H7Cl3O/c1-6(2-3-14)7-4-8(11)10(13)9(12)5-7/h2-5H,1H3. The molecule has 0 fully saturated rings. The van der Waals surface area contributed by atoms with Gasteiger partial charge in [-0.3, -0.25) is 4.79 Å². The summed E-state index contributed by atoms with van der Waals surface area (Å²) >= 11 is 17.4. The Hall–Kier alpha value is -0.500. The lowest BCUT2D eigenvalue weighted by molar-refractivity contribution is -0.104. The molecule has 0 atom stereocenters. The van der Waals surface area contributed by atoms with Crippen LogP contribution in [0.5, 0.6) is 0 Å². The van der Waals surface area contributed by atoms with Gasteiger partial charge in [0.05, 0.1) is 15.1 Å². The first-order valence-corrected chi connectivity index (χ1v) is 4.96. The molecule has 4 heteroatoms. The molecule has 0 aliphatic heterocycles. The molecule has 0 heterocycles. The number of allylic oxidation sites excluding steroid dienone is 2. The third-order valence-electron chi connectivity index (χ3n) is 1.76. The summed E-state index contributed by atoms with van der Waals surface area (Å²) in [7, 11) is 0. The molecule has 0 N–H and O–H groups in total. The Bertz CT molecular complexity index is 373. The summed E-state index contributed by atoms with van der Waals surface area (Å²) in [6.07, 6.45) is 2.15. The van der Waals surface area contributed by atoms with E-state index >= 15 is 0 Å². The van der Waals surface area contributed by atoms with Gasteiger partial charge in [-0.25, -0.2) is 0 Å². The van der Waals surface area contributed by atoms with Gasteiger partial charge in [-0.1, -0.05) is 34.8 Å². The molecule has 0 aliphatic rings. The van der Waals surface area contributed by atoms with E-state index in [2.05, 4.69) is 0 Å². The maximum absolute atomic E-state index is 10.3. The second-order valence-corrected chi connectivity index (χ2v) is 3.93. The highest BCUT2D eigenvalue weighted by molar-refractivity contribution is 6.48. The number of aldehydes is 1. The maximum Gasteiger partial charge on any atom is 0.143 e. The summed E-state index contributed by atoms with van der Waals surface area (Å²) in [5, 5.41) is 1.09. The van der Waals surface area contributed by atoms with Gasteiger partial charge in [0.2, 0.25) is 0 Å². The molecule has 1 rings (SSSR count). The van der Waals surface area contributed by atoms with Crippen LogP contribution in [0.15, 0.2) is 18.2 Å². The first-order chi connectivity index (χ1) is 6.56. The normalized spacial score (nSPS) is 11.6. The van der Waals surface area contributed by atoms with Crippen molar-refractivity contribution in [3.63, 3.8) is 0 Å². The third kappa shape index (κ3) is 2.50. The highest BCUT2D eigenvalue weighted by Gasteiger charge is 2.06. The van der Waals surface area contributed by atoms with E-state index in [0.29, 0.717) is 21.4 Å². The van der Waals surface area contributed by atoms with Crippen molar-refractivity contribution in [3.8, 4) is 0 Å². The van der Waals surface area contributed by atoms with Gasteiger partial charge < -0.3 is 0 Å². The zero-order valence-corrected chi connectivity index (χ0v) is 9.62. The van der Waals surface area contributed by atoms with Gasteiger partial charge in [-0.05, 0) is 36.3 Å². The Labute approximate surface area is 97.3 Å². The van der Waals surface area contributed by atoms with E-state index in [0.717, 1.165) is 11.1 Å². The van der Waals surface area contributed by atoms with Crippen molar-refractivity contribution in [2.75, 3.05) is 0 Å². The SMILES string of the molecule is CC(=CC=O)c1cc(Cl)c(Cl)c(Cl)c1. The molecule has 0 radical (unpaired) electrons. The quantitative estimate of drug-likeness (QED) is 0.435. The van der Waals surface area contributed by atoms with Crippen molar-refractivity contribution in [1.82, 2.24) is 0 Å². The Balaban J connectivity index is 3.25. The minimum absolute atomic E-state index is 0.330. The van der Waals surface area contributed by atoms with Crippen LogP contribution < -0.4 is 0 Å². The van der Waals surface area contributed by atoms with Crippen LogP contribution in [0.25, 0.3) is 5.57 Å². The molecule has 1 aromatic rings. The van der Waals surface area contributed by atoms with Crippen molar-refractivity contribution in [3.05, 3.63) is 38.8 Å². The zero-order valence-electron chi connectivity index (χ0n) is 7.35. The van der Waals surface area contributed by atoms with Crippen molar-refractivity contribution >= 4 is 46.7 Å². The summed E-state index contributed by atoms with van der Waals surface area (Å²) in [5.74, 6) is 0. The van der Waals surface area contributed by atoms with Crippen LogP contribution in [0.1, 0.15) is 12.5 Å². The number of hydrogen-bond acceptors (Lipinski definition) is 1.